The second-order valence-electron chi connectivity index (χ2n) is 6.85. The molecule has 138 valence electrons. The monoisotopic (exact) mass is 370 g/mol. The number of nitrogens with zero attached hydrogens (tertiary/aromatic N) is 1. The minimum absolute atomic E-state index is 0.0328. The zero-order valence-electron chi connectivity index (χ0n) is 15.7. The first kappa shape index (κ1) is 18.6. The van der Waals surface area contributed by atoms with Crippen molar-refractivity contribution < 1.29 is 9.59 Å². The van der Waals surface area contributed by atoms with Crippen molar-refractivity contribution in [2.24, 2.45) is 5.92 Å². The quantitative estimate of drug-likeness (QED) is 0.836. The molecule has 1 atom stereocenters. The van der Waals surface area contributed by atoms with Gasteiger partial charge in [-0.2, -0.15) is 0 Å². The highest BCUT2D eigenvalue weighted by atomic mass is 32.1. The van der Waals surface area contributed by atoms with Gasteiger partial charge in [-0.25, -0.2) is 0 Å². The lowest BCUT2D eigenvalue weighted by Crippen LogP contribution is -2.32. The smallest absolute Gasteiger partial charge is 0.257 e. The van der Waals surface area contributed by atoms with Crippen LogP contribution in [-0.2, 0) is 12.8 Å². The third kappa shape index (κ3) is 3.68. The summed E-state index contributed by atoms with van der Waals surface area (Å²) in [5.74, 6) is 0.492. The molecule has 0 spiro atoms. The van der Waals surface area contributed by atoms with E-state index in [0.717, 1.165) is 24.8 Å². The van der Waals surface area contributed by atoms with Crippen molar-refractivity contribution in [1.82, 2.24) is 4.90 Å². The average Bonchev–Trinajstić information content (AvgIpc) is 3.00. The van der Waals surface area contributed by atoms with E-state index in [1.165, 1.54) is 4.88 Å². The van der Waals surface area contributed by atoms with Crippen LogP contribution in [0.3, 0.4) is 0 Å². The number of rotatable bonds is 5. The summed E-state index contributed by atoms with van der Waals surface area (Å²) in [6, 6.07) is 9.15. The van der Waals surface area contributed by atoms with Crippen LogP contribution >= 0.6 is 11.3 Å². The van der Waals surface area contributed by atoms with Gasteiger partial charge < -0.3 is 10.2 Å². The van der Waals surface area contributed by atoms with E-state index in [2.05, 4.69) is 12.2 Å². The van der Waals surface area contributed by atoms with Crippen molar-refractivity contribution in [2.45, 2.75) is 40.0 Å². The van der Waals surface area contributed by atoms with Crippen LogP contribution in [0, 0.1) is 5.92 Å². The molecule has 1 aliphatic carbocycles. The molecule has 1 unspecified atom stereocenters. The van der Waals surface area contributed by atoms with Crippen molar-refractivity contribution in [3.63, 3.8) is 0 Å². The van der Waals surface area contributed by atoms with Crippen molar-refractivity contribution >= 4 is 28.2 Å². The Balaban J connectivity index is 1.98. The van der Waals surface area contributed by atoms with E-state index in [9.17, 15) is 9.59 Å². The molecule has 26 heavy (non-hydrogen) atoms. The van der Waals surface area contributed by atoms with Crippen LogP contribution < -0.4 is 5.32 Å². The van der Waals surface area contributed by atoms with Crippen molar-refractivity contribution in [3.8, 4) is 0 Å². The highest BCUT2D eigenvalue weighted by Gasteiger charge is 2.30. The van der Waals surface area contributed by atoms with Gasteiger partial charge in [-0.1, -0.05) is 25.1 Å². The number of carbonyl (C=O) groups is 2. The lowest BCUT2D eigenvalue weighted by Gasteiger charge is -2.22. The molecule has 1 aliphatic rings. The zero-order valence-corrected chi connectivity index (χ0v) is 16.5. The maximum atomic E-state index is 13.1. The van der Waals surface area contributed by atoms with Crippen molar-refractivity contribution in [3.05, 3.63) is 51.9 Å². The molecule has 0 radical (unpaired) electrons. The van der Waals surface area contributed by atoms with E-state index in [1.54, 1.807) is 23.5 Å². The van der Waals surface area contributed by atoms with Crippen LogP contribution in [0.15, 0.2) is 30.3 Å². The summed E-state index contributed by atoms with van der Waals surface area (Å²) in [5, 5.41) is 3.72. The molecule has 0 saturated carbocycles. The van der Waals surface area contributed by atoms with Crippen LogP contribution in [0.4, 0.5) is 5.00 Å². The first-order valence-electron chi connectivity index (χ1n) is 9.35. The lowest BCUT2D eigenvalue weighted by molar-refractivity contribution is 0.0773. The van der Waals surface area contributed by atoms with E-state index >= 15 is 0 Å². The summed E-state index contributed by atoms with van der Waals surface area (Å²) >= 11 is 1.58. The Morgan fingerprint density at radius 2 is 1.88 bits per heavy atom. The second-order valence-corrected chi connectivity index (χ2v) is 7.96. The highest BCUT2D eigenvalue weighted by Crippen LogP contribution is 2.40. The van der Waals surface area contributed by atoms with Gasteiger partial charge in [-0.15, -0.1) is 11.3 Å². The van der Waals surface area contributed by atoms with Gasteiger partial charge in [0.25, 0.3) is 11.8 Å². The lowest BCUT2D eigenvalue weighted by atomic mass is 9.88. The summed E-state index contributed by atoms with van der Waals surface area (Å²) in [4.78, 5) is 28.9. The third-order valence-corrected chi connectivity index (χ3v) is 6.21. The largest absolute Gasteiger partial charge is 0.339 e. The summed E-state index contributed by atoms with van der Waals surface area (Å²) in [5.41, 5.74) is 2.46. The van der Waals surface area contributed by atoms with E-state index in [4.69, 9.17) is 0 Å². The van der Waals surface area contributed by atoms with Gasteiger partial charge in [-0.05, 0) is 56.7 Å². The Bertz CT molecular complexity index is 794. The first-order valence-corrected chi connectivity index (χ1v) is 10.2. The van der Waals surface area contributed by atoms with Gasteiger partial charge in [0.2, 0.25) is 0 Å². The fourth-order valence-electron chi connectivity index (χ4n) is 3.50. The molecular weight excluding hydrogens is 344 g/mol. The molecule has 5 heteroatoms. The molecule has 1 aromatic heterocycles. The van der Waals surface area contributed by atoms with Crippen LogP contribution in [0.25, 0.3) is 0 Å². The Morgan fingerprint density at radius 1 is 1.19 bits per heavy atom. The van der Waals surface area contributed by atoms with Gasteiger partial charge in [-0.3, -0.25) is 9.59 Å². The maximum Gasteiger partial charge on any atom is 0.257 e. The van der Waals surface area contributed by atoms with Crippen LogP contribution in [0.2, 0.25) is 0 Å². The zero-order chi connectivity index (χ0) is 18.7. The maximum absolute atomic E-state index is 13.1. The third-order valence-electron chi connectivity index (χ3n) is 5.04. The number of thiophene rings is 1. The van der Waals surface area contributed by atoms with E-state index in [1.807, 2.05) is 36.9 Å². The highest BCUT2D eigenvalue weighted by molar-refractivity contribution is 7.17. The van der Waals surface area contributed by atoms with E-state index < -0.39 is 0 Å². The van der Waals surface area contributed by atoms with Crippen LogP contribution in [0.5, 0.6) is 0 Å². The molecule has 1 N–H and O–H groups in total. The number of hydrogen-bond acceptors (Lipinski definition) is 3. The minimum atomic E-state index is -0.161. The normalized spacial score (nSPS) is 16.0. The summed E-state index contributed by atoms with van der Waals surface area (Å²) < 4.78 is 0. The molecule has 0 fully saturated rings. The molecule has 2 amide bonds. The number of benzene rings is 1. The summed E-state index contributed by atoms with van der Waals surface area (Å²) in [7, 11) is 0. The fourth-order valence-corrected chi connectivity index (χ4v) is 4.90. The topological polar surface area (TPSA) is 49.4 Å². The van der Waals surface area contributed by atoms with Crippen molar-refractivity contribution in [1.29, 1.82) is 0 Å². The number of amides is 2. The molecule has 3 rings (SSSR count). The van der Waals surface area contributed by atoms with Crippen LogP contribution in [-0.4, -0.2) is 29.8 Å². The molecule has 1 aromatic carbocycles. The van der Waals surface area contributed by atoms with Gasteiger partial charge in [0.05, 0.1) is 5.56 Å². The standard InChI is InChI=1S/C21H26N2O2S/c1-4-23(5-2)21(25)18-16-12-11-14(3)13-17(16)26-20(18)22-19(24)15-9-7-6-8-10-15/h6-10,14H,4-5,11-13H2,1-3H3,(H,22,24). The van der Waals surface area contributed by atoms with E-state index in [-0.39, 0.29) is 11.8 Å². The number of fused-ring (bicyclic) bond motifs is 1. The summed E-state index contributed by atoms with van der Waals surface area (Å²) in [6.07, 6.45) is 2.99. The molecule has 1 heterocycles. The molecular formula is C21H26N2O2S. The number of hydrogen-bond donors (Lipinski definition) is 1. The predicted molar refractivity (Wildman–Crippen MR) is 107 cm³/mol. The van der Waals surface area contributed by atoms with Gasteiger partial charge >= 0.3 is 0 Å². The molecule has 0 bridgehead atoms. The molecule has 4 nitrogen and oxygen atoms in total. The SMILES string of the molecule is CCN(CC)C(=O)c1c(NC(=O)c2ccccc2)sc2c1CCC(C)C2. The first-order chi connectivity index (χ1) is 12.5. The Morgan fingerprint density at radius 3 is 2.54 bits per heavy atom. The molecule has 0 aliphatic heterocycles. The Hall–Kier alpha value is -2.14. The summed E-state index contributed by atoms with van der Waals surface area (Å²) in [6.45, 7) is 7.57. The number of nitrogens with one attached hydrogen (secondary N) is 1. The fraction of sp³-hybridized carbons (Fsp3) is 0.429. The van der Waals surface area contributed by atoms with Gasteiger partial charge in [0.15, 0.2) is 0 Å². The number of anilines is 1. The van der Waals surface area contributed by atoms with Gasteiger partial charge in [0, 0.05) is 23.5 Å². The second kappa shape index (κ2) is 8.04. The average molecular weight is 371 g/mol. The Labute approximate surface area is 159 Å². The predicted octanol–water partition coefficient (Wildman–Crippen LogP) is 4.61. The molecule has 2 aromatic rings. The minimum Gasteiger partial charge on any atom is -0.339 e. The number of carbonyl (C=O) groups excluding carboxylic acids is 2. The molecule has 0 saturated heterocycles. The van der Waals surface area contributed by atoms with Gasteiger partial charge in [0.1, 0.15) is 5.00 Å². The van der Waals surface area contributed by atoms with Crippen LogP contribution in [0.1, 0.15) is 58.3 Å². The van der Waals surface area contributed by atoms with E-state index in [0.29, 0.717) is 35.1 Å². The Kier molecular flexibility index (Phi) is 5.77. The van der Waals surface area contributed by atoms with Crippen molar-refractivity contribution in [2.75, 3.05) is 18.4 Å².